The Hall–Kier alpha value is -4.76. The molecule has 0 saturated heterocycles. The van der Waals surface area contributed by atoms with E-state index in [-0.39, 0.29) is 6.10 Å². The maximum atomic E-state index is 6.62. The van der Waals surface area contributed by atoms with E-state index in [0.29, 0.717) is 0 Å². The van der Waals surface area contributed by atoms with E-state index < -0.39 is 0 Å². The molecule has 1 aliphatic heterocycles. The molecule has 40 heavy (non-hydrogen) atoms. The second kappa shape index (κ2) is 10.8. The lowest BCUT2D eigenvalue weighted by molar-refractivity contribution is 0.251. The first kappa shape index (κ1) is 25.5. The van der Waals surface area contributed by atoms with Gasteiger partial charge in [0.1, 0.15) is 11.9 Å². The minimum Gasteiger partial charge on any atom is -0.481 e. The fourth-order valence-corrected chi connectivity index (χ4v) is 5.36. The monoisotopic (exact) mass is 522 g/mol. The smallest absolute Gasteiger partial charge is 0.143 e. The van der Waals surface area contributed by atoms with Crippen molar-refractivity contribution in [2.45, 2.75) is 6.10 Å². The molecule has 0 fully saturated rings. The molecule has 0 aromatic heterocycles. The van der Waals surface area contributed by atoms with Crippen LogP contribution in [0, 0.1) is 0 Å². The fraction of sp³-hybridized carbons (Fsp3) is 0.135. The highest BCUT2D eigenvalue weighted by atomic mass is 16.5. The van der Waals surface area contributed by atoms with Crippen molar-refractivity contribution in [1.29, 1.82) is 0 Å². The third kappa shape index (κ3) is 4.99. The Labute approximate surface area is 237 Å². The molecule has 1 heterocycles. The van der Waals surface area contributed by atoms with Crippen molar-refractivity contribution >= 4 is 33.3 Å². The Morgan fingerprint density at radius 3 is 1.80 bits per heavy atom. The lowest BCUT2D eigenvalue weighted by Gasteiger charge is -2.27. The van der Waals surface area contributed by atoms with Gasteiger partial charge in [0.25, 0.3) is 0 Å². The highest BCUT2D eigenvalue weighted by Gasteiger charge is 2.24. The van der Waals surface area contributed by atoms with E-state index in [9.17, 15) is 0 Å². The van der Waals surface area contributed by atoms with Crippen LogP contribution in [0.15, 0.2) is 127 Å². The summed E-state index contributed by atoms with van der Waals surface area (Å²) in [6, 6.07) is 40.9. The van der Waals surface area contributed by atoms with Gasteiger partial charge in [0.15, 0.2) is 0 Å². The van der Waals surface area contributed by atoms with E-state index in [2.05, 4.69) is 159 Å². The van der Waals surface area contributed by atoms with Gasteiger partial charge in [-0.1, -0.05) is 84.9 Å². The molecule has 1 aliphatic rings. The van der Waals surface area contributed by atoms with Crippen LogP contribution < -0.4 is 14.5 Å². The lowest BCUT2D eigenvalue weighted by atomic mass is 9.88. The molecule has 1 unspecified atom stereocenters. The maximum absolute atomic E-state index is 6.62. The maximum Gasteiger partial charge on any atom is 0.143 e. The number of ether oxygens (including phenoxy) is 1. The summed E-state index contributed by atoms with van der Waals surface area (Å²) in [7, 11) is 8.29. The minimum absolute atomic E-state index is 0.172. The molecule has 6 rings (SSSR count). The summed E-state index contributed by atoms with van der Waals surface area (Å²) in [5, 5.41) is 2.40. The summed E-state index contributed by atoms with van der Waals surface area (Å²) in [4.78, 5) is 4.26. The predicted molar refractivity (Wildman–Crippen MR) is 170 cm³/mol. The molecule has 0 amide bonds. The quantitative estimate of drug-likeness (QED) is 0.222. The van der Waals surface area contributed by atoms with Gasteiger partial charge in [0.2, 0.25) is 0 Å². The number of nitrogens with zero attached hydrogens (tertiary/aromatic N) is 2. The molecule has 3 heteroatoms. The van der Waals surface area contributed by atoms with Crippen molar-refractivity contribution in [3.63, 3.8) is 0 Å². The summed E-state index contributed by atoms with van der Waals surface area (Å²) < 4.78 is 6.62. The lowest BCUT2D eigenvalue weighted by Crippen LogP contribution is -2.11. The average molecular weight is 523 g/mol. The molecule has 0 bridgehead atoms. The first-order valence-corrected chi connectivity index (χ1v) is 13.7. The van der Waals surface area contributed by atoms with Gasteiger partial charge in [-0.2, -0.15) is 0 Å². The second-order valence-corrected chi connectivity index (χ2v) is 10.7. The van der Waals surface area contributed by atoms with Crippen molar-refractivity contribution in [1.82, 2.24) is 0 Å². The van der Waals surface area contributed by atoms with Crippen LogP contribution in [0.25, 0.3) is 21.9 Å². The number of hydrogen-bond donors (Lipinski definition) is 0. The van der Waals surface area contributed by atoms with Crippen LogP contribution in [0.3, 0.4) is 0 Å². The SMILES string of the molecule is CN(C)c1ccc(C(=CC2=CC(c3ccccc3)Oc3ccc4ccccc4c32)c2ccc(N(C)C)cc2)cc1. The van der Waals surface area contributed by atoms with Gasteiger partial charge in [-0.15, -0.1) is 0 Å². The second-order valence-electron chi connectivity index (χ2n) is 10.7. The molecular formula is C37H34N2O. The number of hydrogen-bond acceptors (Lipinski definition) is 3. The summed E-state index contributed by atoms with van der Waals surface area (Å²) in [5.74, 6) is 0.909. The standard InChI is InChI=1S/C37H34N2O/c1-38(2)31-19-14-27(15-20-31)34(28-16-21-32(22-17-28)39(3)4)24-30-25-36(29-11-6-5-7-12-29)40-35-23-18-26-10-8-9-13-33(26)37(30)35/h5-25,36H,1-4H3. The number of rotatable bonds is 6. The summed E-state index contributed by atoms with van der Waals surface area (Å²) in [6.45, 7) is 0. The van der Waals surface area contributed by atoms with Crippen LogP contribution in [-0.4, -0.2) is 28.2 Å². The Bertz CT molecular complexity index is 1640. The molecule has 0 radical (unpaired) electrons. The molecule has 0 N–H and O–H groups in total. The Kier molecular flexibility index (Phi) is 6.88. The zero-order valence-corrected chi connectivity index (χ0v) is 23.5. The van der Waals surface area contributed by atoms with E-state index in [0.717, 1.165) is 22.4 Å². The van der Waals surface area contributed by atoms with Crippen LogP contribution in [0.2, 0.25) is 0 Å². The van der Waals surface area contributed by atoms with Gasteiger partial charge >= 0.3 is 0 Å². The Morgan fingerprint density at radius 1 is 0.625 bits per heavy atom. The molecule has 1 atom stereocenters. The van der Waals surface area contributed by atoms with Crippen molar-refractivity contribution < 1.29 is 4.74 Å². The fourth-order valence-electron chi connectivity index (χ4n) is 5.36. The normalized spacial score (nSPS) is 14.1. The minimum atomic E-state index is -0.172. The van der Waals surface area contributed by atoms with E-state index in [1.807, 2.05) is 6.07 Å². The molecule has 0 spiro atoms. The third-order valence-corrected chi connectivity index (χ3v) is 7.58. The van der Waals surface area contributed by atoms with Gasteiger partial charge in [0.05, 0.1) is 0 Å². The number of benzene rings is 5. The molecule has 0 aliphatic carbocycles. The van der Waals surface area contributed by atoms with Crippen LogP contribution in [-0.2, 0) is 0 Å². The largest absolute Gasteiger partial charge is 0.481 e. The first-order valence-electron chi connectivity index (χ1n) is 13.7. The highest BCUT2D eigenvalue weighted by molar-refractivity contribution is 6.02. The predicted octanol–water partition coefficient (Wildman–Crippen LogP) is 8.62. The van der Waals surface area contributed by atoms with E-state index in [1.54, 1.807) is 0 Å². The van der Waals surface area contributed by atoms with Crippen LogP contribution in [0.4, 0.5) is 11.4 Å². The van der Waals surface area contributed by atoms with E-state index >= 15 is 0 Å². The van der Waals surface area contributed by atoms with E-state index in [4.69, 9.17) is 4.74 Å². The van der Waals surface area contributed by atoms with Gasteiger partial charge in [-0.3, -0.25) is 0 Å². The van der Waals surface area contributed by atoms with Gasteiger partial charge in [-0.05, 0) is 81.1 Å². The third-order valence-electron chi connectivity index (χ3n) is 7.58. The number of allylic oxidation sites excluding steroid dienone is 2. The molecule has 5 aromatic carbocycles. The zero-order chi connectivity index (χ0) is 27.6. The molecular weight excluding hydrogens is 488 g/mol. The summed E-state index contributed by atoms with van der Waals surface area (Å²) >= 11 is 0. The molecule has 0 saturated carbocycles. The highest BCUT2D eigenvalue weighted by Crippen LogP contribution is 2.43. The van der Waals surface area contributed by atoms with Crippen molar-refractivity contribution in [3.05, 3.63) is 150 Å². The van der Waals surface area contributed by atoms with Crippen LogP contribution >= 0.6 is 0 Å². The summed E-state index contributed by atoms with van der Waals surface area (Å²) in [6.07, 6.45) is 4.44. The molecule has 3 nitrogen and oxygen atoms in total. The van der Waals surface area contributed by atoms with E-state index in [1.165, 1.54) is 38.8 Å². The van der Waals surface area contributed by atoms with Gasteiger partial charge in [0, 0.05) is 45.1 Å². The van der Waals surface area contributed by atoms with Crippen LogP contribution in [0.1, 0.15) is 28.4 Å². The Balaban J connectivity index is 1.57. The van der Waals surface area contributed by atoms with Crippen LogP contribution in [0.5, 0.6) is 5.75 Å². The van der Waals surface area contributed by atoms with Gasteiger partial charge < -0.3 is 14.5 Å². The molecule has 198 valence electrons. The first-order chi connectivity index (χ1) is 19.5. The molecule has 5 aromatic rings. The topological polar surface area (TPSA) is 15.7 Å². The average Bonchev–Trinajstić information content (AvgIpc) is 3.00. The Morgan fingerprint density at radius 2 is 1.20 bits per heavy atom. The van der Waals surface area contributed by atoms with Crippen molar-refractivity contribution in [2.75, 3.05) is 38.0 Å². The van der Waals surface area contributed by atoms with Crippen molar-refractivity contribution in [3.8, 4) is 5.75 Å². The van der Waals surface area contributed by atoms with Gasteiger partial charge in [-0.25, -0.2) is 0 Å². The summed E-state index contributed by atoms with van der Waals surface area (Å²) in [5.41, 5.74) is 9.32. The van der Waals surface area contributed by atoms with Crippen molar-refractivity contribution in [2.24, 2.45) is 0 Å². The number of anilines is 2. The number of fused-ring (bicyclic) bond motifs is 3. The zero-order valence-electron chi connectivity index (χ0n) is 23.5.